The first-order chi connectivity index (χ1) is 12.1. The van der Waals surface area contributed by atoms with Gasteiger partial charge >= 0.3 is 0 Å². The number of aliphatic imine (C=N–C) groups is 1. The highest BCUT2D eigenvalue weighted by molar-refractivity contribution is 5.81. The van der Waals surface area contributed by atoms with Gasteiger partial charge in [-0.05, 0) is 45.7 Å². The maximum absolute atomic E-state index is 11.6. The molecule has 1 aromatic carbocycles. The average molecular weight is 346 g/mol. The van der Waals surface area contributed by atoms with Gasteiger partial charge in [-0.25, -0.2) is 4.99 Å². The molecule has 1 aliphatic carbocycles. The topological polar surface area (TPSA) is 74.8 Å². The summed E-state index contributed by atoms with van der Waals surface area (Å²) >= 11 is 0. The smallest absolute Gasteiger partial charge is 0.223 e. The maximum Gasteiger partial charge on any atom is 0.223 e. The number of carbonyl (C=O) groups is 1. The highest BCUT2D eigenvalue weighted by atomic mass is 16.5. The van der Waals surface area contributed by atoms with Crippen molar-refractivity contribution >= 4 is 11.9 Å². The number of hydrogen-bond acceptors (Lipinski definition) is 3. The summed E-state index contributed by atoms with van der Waals surface area (Å²) in [6.45, 7) is 8.68. The predicted molar refractivity (Wildman–Crippen MR) is 101 cm³/mol. The number of nitrogens with zero attached hydrogens (tertiary/aromatic N) is 1. The number of amides is 1. The Bertz CT molecular complexity index is 567. The fourth-order valence-electron chi connectivity index (χ4n) is 2.30. The molecule has 25 heavy (non-hydrogen) atoms. The highest BCUT2D eigenvalue weighted by Crippen LogP contribution is 2.28. The van der Waals surface area contributed by atoms with Crippen molar-refractivity contribution in [1.29, 1.82) is 0 Å². The van der Waals surface area contributed by atoms with Gasteiger partial charge in [0.25, 0.3) is 0 Å². The molecule has 6 heteroatoms. The third kappa shape index (κ3) is 7.45. The van der Waals surface area contributed by atoms with E-state index in [-0.39, 0.29) is 17.9 Å². The van der Waals surface area contributed by atoms with E-state index in [1.54, 1.807) is 0 Å². The van der Waals surface area contributed by atoms with Crippen molar-refractivity contribution in [3.63, 3.8) is 0 Å². The van der Waals surface area contributed by atoms with Crippen molar-refractivity contribution in [3.8, 4) is 5.75 Å². The SMILES string of the molecule is CCNC(=NCC(C)Oc1ccc(C)cc1)NCCNC(=O)C1CC1. The van der Waals surface area contributed by atoms with Crippen molar-refractivity contribution in [2.45, 2.75) is 39.7 Å². The predicted octanol–water partition coefficient (Wildman–Crippen LogP) is 1.84. The molecule has 1 atom stereocenters. The number of guanidine groups is 1. The van der Waals surface area contributed by atoms with Gasteiger partial charge in [0.15, 0.2) is 5.96 Å². The zero-order chi connectivity index (χ0) is 18.1. The van der Waals surface area contributed by atoms with E-state index in [1.165, 1.54) is 5.56 Å². The Labute approximate surface area is 150 Å². The quantitative estimate of drug-likeness (QED) is 0.362. The van der Waals surface area contributed by atoms with Gasteiger partial charge in [-0.1, -0.05) is 17.7 Å². The molecule has 1 saturated carbocycles. The Kier molecular flexibility index (Phi) is 7.57. The molecule has 2 rings (SSSR count). The van der Waals surface area contributed by atoms with Crippen molar-refractivity contribution in [2.24, 2.45) is 10.9 Å². The van der Waals surface area contributed by atoms with Gasteiger partial charge in [-0.15, -0.1) is 0 Å². The maximum atomic E-state index is 11.6. The number of carbonyl (C=O) groups excluding carboxylic acids is 1. The molecule has 6 nitrogen and oxygen atoms in total. The minimum atomic E-state index is -0.0206. The first-order valence-corrected chi connectivity index (χ1v) is 9.11. The number of ether oxygens (including phenoxy) is 1. The van der Waals surface area contributed by atoms with E-state index in [2.05, 4.69) is 27.9 Å². The third-order valence-corrected chi connectivity index (χ3v) is 3.87. The lowest BCUT2D eigenvalue weighted by molar-refractivity contribution is -0.122. The van der Waals surface area contributed by atoms with Gasteiger partial charge in [0, 0.05) is 25.6 Å². The van der Waals surface area contributed by atoms with E-state index in [0.29, 0.717) is 19.6 Å². The molecule has 0 radical (unpaired) electrons. The lowest BCUT2D eigenvalue weighted by Crippen LogP contribution is -2.42. The van der Waals surface area contributed by atoms with Crippen LogP contribution in [-0.2, 0) is 4.79 Å². The van der Waals surface area contributed by atoms with Crippen LogP contribution in [-0.4, -0.2) is 44.1 Å². The van der Waals surface area contributed by atoms with Crippen LogP contribution in [0.2, 0.25) is 0 Å². The van der Waals surface area contributed by atoms with Gasteiger partial charge in [-0.3, -0.25) is 4.79 Å². The molecule has 3 N–H and O–H groups in total. The van der Waals surface area contributed by atoms with Crippen molar-refractivity contribution in [2.75, 3.05) is 26.2 Å². The van der Waals surface area contributed by atoms with Crippen molar-refractivity contribution in [3.05, 3.63) is 29.8 Å². The molecule has 138 valence electrons. The summed E-state index contributed by atoms with van der Waals surface area (Å²) in [6, 6.07) is 8.02. The molecular formula is C19H30N4O2. The zero-order valence-corrected chi connectivity index (χ0v) is 15.5. The fourth-order valence-corrected chi connectivity index (χ4v) is 2.30. The number of aryl methyl sites for hydroxylation is 1. The normalized spacial score (nSPS) is 15.4. The summed E-state index contributed by atoms with van der Waals surface area (Å²) in [7, 11) is 0. The van der Waals surface area contributed by atoms with Gasteiger partial charge in [0.1, 0.15) is 11.9 Å². The van der Waals surface area contributed by atoms with Crippen LogP contribution in [0.3, 0.4) is 0 Å². The standard InChI is InChI=1S/C19H30N4O2/c1-4-20-19(22-12-11-21-18(24)16-7-8-16)23-13-15(3)25-17-9-5-14(2)6-10-17/h5-6,9-10,15-16H,4,7-8,11-13H2,1-3H3,(H,21,24)(H2,20,22,23). The average Bonchev–Trinajstić information content (AvgIpc) is 3.43. The van der Waals surface area contributed by atoms with Crippen LogP contribution in [0.15, 0.2) is 29.3 Å². The summed E-state index contributed by atoms with van der Waals surface area (Å²) in [5.41, 5.74) is 1.21. The molecule has 1 aromatic rings. The van der Waals surface area contributed by atoms with Crippen LogP contribution >= 0.6 is 0 Å². The van der Waals surface area contributed by atoms with Crippen molar-refractivity contribution in [1.82, 2.24) is 16.0 Å². The summed E-state index contributed by atoms with van der Waals surface area (Å²) < 4.78 is 5.87. The fraction of sp³-hybridized carbons (Fsp3) is 0.579. The van der Waals surface area contributed by atoms with E-state index in [0.717, 1.165) is 31.1 Å². The summed E-state index contributed by atoms with van der Waals surface area (Å²) in [4.78, 5) is 16.1. The lowest BCUT2D eigenvalue weighted by Gasteiger charge is -2.15. The third-order valence-electron chi connectivity index (χ3n) is 3.87. The molecule has 1 aliphatic rings. The highest BCUT2D eigenvalue weighted by Gasteiger charge is 2.28. The summed E-state index contributed by atoms with van der Waals surface area (Å²) in [5, 5.41) is 9.37. The van der Waals surface area contributed by atoms with E-state index in [9.17, 15) is 4.79 Å². The van der Waals surface area contributed by atoms with E-state index >= 15 is 0 Å². The molecule has 0 aromatic heterocycles. The number of benzene rings is 1. The van der Waals surface area contributed by atoms with E-state index in [1.807, 2.05) is 38.1 Å². The minimum Gasteiger partial charge on any atom is -0.489 e. The lowest BCUT2D eigenvalue weighted by atomic mass is 10.2. The van der Waals surface area contributed by atoms with E-state index < -0.39 is 0 Å². The second-order valence-electron chi connectivity index (χ2n) is 6.45. The molecule has 0 spiro atoms. The Morgan fingerprint density at radius 3 is 2.52 bits per heavy atom. The van der Waals surface area contributed by atoms with Crippen molar-refractivity contribution < 1.29 is 9.53 Å². The molecule has 0 aliphatic heterocycles. The van der Waals surface area contributed by atoms with Crippen LogP contribution in [0.4, 0.5) is 0 Å². The summed E-state index contributed by atoms with van der Waals surface area (Å²) in [6.07, 6.45) is 2.04. The second-order valence-corrected chi connectivity index (χ2v) is 6.45. The molecule has 1 unspecified atom stereocenters. The number of hydrogen-bond donors (Lipinski definition) is 3. The van der Waals surface area contributed by atoms with Crippen LogP contribution < -0.4 is 20.7 Å². The second kappa shape index (κ2) is 9.91. The molecule has 0 bridgehead atoms. The van der Waals surface area contributed by atoms with Gasteiger partial charge in [0.2, 0.25) is 5.91 Å². The van der Waals surface area contributed by atoms with Crippen LogP contribution in [0.5, 0.6) is 5.75 Å². The first kappa shape index (κ1) is 19.1. The molecule has 0 heterocycles. The first-order valence-electron chi connectivity index (χ1n) is 9.11. The molecular weight excluding hydrogens is 316 g/mol. The molecule has 1 fully saturated rings. The largest absolute Gasteiger partial charge is 0.489 e. The van der Waals surface area contributed by atoms with Crippen LogP contribution in [0.1, 0.15) is 32.3 Å². The van der Waals surface area contributed by atoms with Crippen LogP contribution in [0.25, 0.3) is 0 Å². The van der Waals surface area contributed by atoms with E-state index in [4.69, 9.17) is 4.74 Å². The Hall–Kier alpha value is -2.24. The Morgan fingerprint density at radius 2 is 1.88 bits per heavy atom. The van der Waals surface area contributed by atoms with Gasteiger partial charge < -0.3 is 20.7 Å². The Balaban J connectivity index is 1.71. The monoisotopic (exact) mass is 346 g/mol. The van der Waals surface area contributed by atoms with Gasteiger partial charge in [0.05, 0.1) is 6.54 Å². The zero-order valence-electron chi connectivity index (χ0n) is 15.5. The molecule has 1 amide bonds. The number of nitrogens with one attached hydrogen (secondary N) is 3. The Morgan fingerprint density at radius 1 is 1.20 bits per heavy atom. The summed E-state index contributed by atoms with van der Waals surface area (Å²) in [5.74, 6) is 2.02. The molecule has 0 saturated heterocycles. The minimum absolute atomic E-state index is 0.0206. The van der Waals surface area contributed by atoms with Crippen LogP contribution in [0, 0.1) is 12.8 Å². The number of rotatable bonds is 9. The van der Waals surface area contributed by atoms with Gasteiger partial charge in [-0.2, -0.15) is 0 Å².